The third-order valence-corrected chi connectivity index (χ3v) is 3.92. The molecule has 0 saturated carbocycles. The van der Waals surface area contributed by atoms with Crippen molar-refractivity contribution in [2.75, 3.05) is 7.05 Å². The maximum atomic E-state index is 3.37. The van der Waals surface area contributed by atoms with E-state index in [1.165, 1.54) is 47.6 Å². The third kappa shape index (κ3) is 3.36. The fourth-order valence-electron chi connectivity index (χ4n) is 2.64. The van der Waals surface area contributed by atoms with Gasteiger partial charge in [-0.05, 0) is 48.7 Å². The van der Waals surface area contributed by atoms with E-state index in [0.717, 1.165) is 0 Å². The summed E-state index contributed by atoms with van der Waals surface area (Å²) in [6.45, 7) is 4.49. The first-order valence-corrected chi connectivity index (χ1v) is 7.45. The number of benzene rings is 2. The molecule has 102 valence electrons. The van der Waals surface area contributed by atoms with Gasteiger partial charge < -0.3 is 5.32 Å². The van der Waals surface area contributed by atoms with Crippen molar-refractivity contribution in [3.63, 3.8) is 0 Å². The number of hydrogen-bond donors (Lipinski definition) is 1. The summed E-state index contributed by atoms with van der Waals surface area (Å²) in [6.07, 6.45) is 5.10. The first-order chi connectivity index (χ1) is 9.26. The number of rotatable bonds is 6. The average Bonchev–Trinajstić information content (AvgIpc) is 2.46. The van der Waals surface area contributed by atoms with Crippen LogP contribution in [0.3, 0.4) is 0 Å². The van der Waals surface area contributed by atoms with Gasteiger partial charge in [0.25, 0.3) is 0 Å². The van der Waals surface area contributed by atoms with Crippen LogP contribution < -0.4 is 5.32 Å². The van der Waals surface area contributed by atoms with E-state index in [1.807, 2.05) is 7.05 Å². The van der Waals surface area contributed by atoms with Crippen molar-refractivity contribution in [2.24, 2.45) is 0 Å². The van der Waals surface area contributed by atoms with Crippen molar-refractivity contribution in [1.29, 1.82) is 0 Å². The molecule has 0 saturated heterocycles. The Morgan fingerprint density at radius 1 is 1.11 bits per heavy atom. The van der Waals surface area contributed by atoms with Gasteiger partial charge in [-0.25, -0.2) is 0 Å². The van der Waals surface area contributed by atoms with Crippen LogP contribution in [0.25, 0.3) is 10.8 Å². The van der Waals surface area contributed by atoms with E-state index in [2.05, 4.69) is 55.6 Å². The summed E-state index contributed by atoms with van der Waals surface area (Å²) in [4.78, 5) is 0. The first-order valence-electron chi connectivity index (χ1n) is 7.45. The molecule has 0 aliphatic heterocycles. The number of aryl methyl sites for hydroxylation is 1. The molecule has 2 aromatic rings. The molecule has 0 amide bonds. The van der Waals surface area contributed by atoms with Crippen LogP contribution >= 0.6 is 0 Å². The Morgan fingerprint density at radius 2 is 1.89 bits per heavy atom. The number of fused-ring (bicyclic) bond motifs is 1. The van der Waals surface area contributed by atoms with Crippen LogP contribution in [0.15, 0.2) is 36.4 Å². The zero-order chi connectivity index (χ0) is 13.7. The van der Waals surface area contributed by atoms with Gasteiger partial charge in [0.1, 0.15) is 0 Å². The minimum absolute atomic E-state index is 0.399. The van der Waals surface area contributed by atoms with Crippen molar-refractivity contribution in [3.05, 3.63) is 47.5 Å². The number of unbranched alkanes of at least 4 members (excludes halogenated alkanes) is 2. The highest BCUT2D eigenvalue weighted by molar-refractivity contribution is 5.86. The first kappa shape index (κ1) is 14.1. The lowest BCUT2D eigenvalue weighted by Gasteiger charge is -2.16. The molecule has 0 fully saturated rings. The molecule has 0 aliphatic carbocycles. The van der Waals surface area contributed by atoms with Crippen molar-refractivity contribution in [3.8, 4) is 0 Å². The Hall–Kier alpha value is -1.34. The van der Waals surface area contributed by atoms with Crippen LogP contribution in [0.1, 0.15) is 50.3 Å². The van der Waals surface area contributed by atoms with E-state index in [0.29, 0.717) is 6.04 Å². The normalized spacial score (nSPS) is 12.8. The summed E-state index contributed by atoms with van der Waals surface area (Å²) in [5.41, 5.74) is 2.90. The monoisotopic (exact) mass is 255 g/mol. The molecule has 0 aliphatic rings. The highest BCUT2D eigenvalue weighted by Crippen LogP contribution is 2.26. The molecule has 19 heavy (non-hydrogen) atoms. The summed E-state index contributed by atoms with van der Waals surface area (Å²) in [7, 11) is 2.03. The van der Waals surface area contributed by atoms with E-state index < -0.39 is 0 Å². The van der Waals surface area contributed by atoms with Crippen molar-refractivity contribution in [2.45, 2.75) is 45.6 Å². The standard InChI is InChI=1S/C18H25N/c1-4-5-6-9-15-12-16-10-7-8-11-17(16)18(13-15)14(2)19-3/h7-8,10-14,19H,4-6,9H2,1-3H3. The second-order valence-electron chi connectivity index (χ2n) is 5.37. The lowest BCUT2D eigenvalue weighted by molar-refractivity contribution is 0.655. The fourth-order valence-corrected chi connectivity index (χ4v) is 2.64. The Labute approximate surface area is 117 Å². The molecule has 1 nitrogen and oxygen atoms in total. The molecular formula is C18H25N. The predicted octanol–water partition coefficient (Wildman–Crippen LogP) is 4.85. The molecule has 1 N–H and O–H groups in total. The Bertz CT molecular complexity index is 530. The second-order valence-corrected chi connectivity index (χ2v) is 5.37. The SMILES string of the molecule is CCCCCc1cc(C(C)NC)c2ccccc2c1. The van der Waals surface area contributed by atoms with Crippen LogP contribution in [-0.4, -0.2) is 7.05 Å². The molecule has 1 atom stereocenters. The maximum Gasteiger partial charge on any atom is 0.0295 e. The predicted molar refractivity (Wildman–Crippen MR) is 84.7 cm³/mol. The largest absolute Gasteiger partial charge is 0.313 e. The van der Waals surface area contributed by atoms with Gasteiger partial charge in [0.15, 0.2) is 0 Å². The summed E-state index contributed by atoms with van der Waals surface area (Å²) < 4.78 is 0. The van der Waals surface area contributed by atoms with Crippen LogP contribution in [0.2, 0.25) is 0 Å². The van der Waals surface area contributed by atoms with Crippen molar-refractivity contribution >= 4 is 10.8 Å². The Balaban J connectivity index is 2.38. The molecule has 2 aromatic carbocycles. The second kappa shape index (κ2) is 6.72. The Morgan fingerprint density at radius 3 is 2.63 bits per heavy atom. The van der Waals surface area contributed by atoms with Gasteiger partial charge >= 0.3 is 0 Å². The van der Waals surface area contributed by atoms with Crippen LogP contribution in [0.4, 0.5) is 0 Å². The molecule has 2 rings (SSSR count). The van der Waals surface area contributed by atoms with Crippen LogP contribution in [-0.2, 0) is 6.42 Å². The Kier molecular flexibility index (Phi) is 4.98. The van der Waals surface area contributed by atoms with E-state index >= 15 is 0 Å². The fraction of sp³-hybridized carbons (Fsp3) is 0.444. The maximum absolute atomic E-state index is 3.37. The molecule has 0 heterocycles. The molecule has 1 heteroatoms. The minimum atomic E-state index is 0.399. The van der Waals surface area contributed by atoms with Gasteiger partial charge in [-0.1, -0.05) is 56.2 Å². The van der Waals surface area contributed by atoms with Gasteiger partial charge in [-0.2, -0.15) is 0 Å². The van der Waals surface area contributed by atoms with Crippen LogP contribution in [0.5, 0.6) is 0 Å². The molecule has 0 spiro atoms. The van der Waals surface area contributed by atoms with Gasteiger partial charge in [0, 0.05) is 6.04 Å². The van der Waals surface area contributed by atoms with E-state index in [-0.39, 0.29) is 0 Å². The smallest absolute Gasteiger partial charge is 0.0295 e. The van der Waals surface area contributed by atoms with Gasteiger partial charge in [-0.3, -0.25) is 0 Å². The number of hydrogen-bond acceptors (Lipinski definition) is 1. The zero-order valence-electron chi connectivity index (χ0n) is 12.4. The summed E-state index contributed by atoms with van der Waals surface area (Å²) in [5.74, 6) is 0. The average molecular weight is 255 g/mol. The van der Waals surface area contributed by atoms with Gasteiger partial charge in [0.05, 0.1) is 0 Å². The molecule has 1 unspecified atom stereocenters. The lowest BCUT2D eigenvalue weighted by atomic mass is 9.94. The van der Waals surface area contributed by atoms with Crippen molar-refractivity contribution < 1.29 is 0 Å². The van der Waals surface area contributed by atoms with Gasteiger partial charge in [0.2, 0.25) is 0 Å². The third-order valence-electron chi connectivity index (χ3n) is 3.92. The minimum Gasteiger partial charge on any atom is -0.313 e. The van der Waals surface area contributed by atoms with Gasteiger partial charge in [-0.15, -0.1) is 0 Å². The zero-order valence-corrected chi connectivity index (χ0v) is 12.4. The van der Waals surface area contributed by atoms with E-state index in [9.17, 15) is 0 Å². The van der Waals surface area contributed by atoms with Crippen LogP contribution in [0, 0.1) is 0 Å². The summed E-state index contributed by atoms with van der Waals surface area (Å²) in [6, 6.07) is 13.9. The topological polar surface area (TPSA) is 12.0 Å². The molecular weight excluding hydrogens is 230 g/mol. The number of nitrogens with one attached hydrogen (secondary N) is 1. The molecule has 0 radical (unpaired) electrons. The van der Waals surface area contributed by atoms with E-state index in [4.69, 9.17) is 0 Å². The summed E-state index contributed by atoms with van der Waals surface area (Å²) >= 11 is 0. The molecule has 0 bridgehead atoms. The quantitative estimate of drug-likeness (QED) is 0.727. The van der Waals surface area contributed by atoms with E-state index in [1.54, 1.807) is 0 Å². The highest BCUT2D eigenvalue weighted by Gasteiger charge is 2.09. The summed E-state index contributed by atoms with van der Waals surface area (Å²) in [5, 5.41) is 6.12. The molecule has 0 aromatic heterocycles. The highest BCUT2D eigenvalue weighted by atomic mass is 14.9. The van der Waals surface area contributed by atoms with Crippen molar-refractivity contribution in [1.82, 2.24) is 5.32 Å². The lowest BCUT2D eigenvalue weighted by Crippen LogP contribution is -2.13.